The average molecular weight is 617 g/mol. The summed E-state index contributed by atoms with van der Waals surface area (Å²) in [6.45, 7) is 12.2. The summed E-state index contributed by atoms with van der Waals surface area (Å²) in [4.78, 5) is 6.20. The van der Waals surface area contributed by atoms with Crippen molar-refractivity contribution in [3.63, 3.8) is 0 Å². The number of hydrogen-bond acceptors (Lipinski definition) is 5. The summed E-state index contributed by atoms with van der Waals surface area (Å²) in [5.41, 5.74) is 6.74. The fraction of sp³-hybridized carbons (Fsp3) is 0.345. The number of benzene rings is 3. The Bertz CT molecular complexity index is 1140. The smallest absolute Gasteiger partial charge is 0.224 e. The van der Waals surface area contributed by atoms with Crippen LogP contribution in [-0.4, -0.2) is 42.1 Å². The molecule has 1 fully saturated rings. The van der Waals surface area contributed by atoms with E-state index in [0.29, 0.717) is 16.9 Å². The largest absolute Gasteiger partial charge is 0.479 e. The Morgan fingerprint density at radius 1 is 1.00 bits per heavy atom. The Balaban J connectivity index is 1.33. The van der Waals surface area contributed by atoms with Crippen LogP contribution in [0.15, 0.2) is 71.6 Å². The predicted molar refractivity (Wildman–Crippen MR) is 162 cm³/mol. The van der Waals surface area contributed by atoms with Crippen LogP contribution < -0.4 is 4.90 Å². The minimum absolute atomic E-state index is 0.400. The van der Waals surface area contributed by atoms with Crippen molar-refractivity contribution in [1.29, 1.82) is 0 Å². The molecule has 6 heteroatoms. The van der Waals surface area contributed by atoms with Gasteiger partial charge in [-0.2, -0.15) is 0 Å². The zero-order valence-electron chi connectivity index (χ0n) is 20.7. The van der Waals surface area contributed by atoms with Crippen LogP contribution in [0.5, 0.6) is 0 Å². The van der Waals surface area contributed by atoms with Crippen molar-refractivity contribution in [3.8, 4) is 0 Å². The maximum atomic E-state index is 5.50. The van der Waals surface area contributed by atoms with Gasteiger partial charge in [-0.15, -0.1) is 0 Å². The molecule has 0 radical (unpaired) electrons. The SMILES string of the molecule is CCOC(=S)Sc1ccccc1N1CCN(Cc2ccc(C(C)c3ccc(I)c(C)c3)cc2)CC1. The fourth-order valence-corrected chi connectivity index (χ4v) is 6.02. The number of nitrogens with zero attached hydrogens (tertiary/aromatic N) is 2. The second-order valence-electron chi connectivity index (χ2n) is 8.99. The van der Waals surface area contributed by atoms with Gasteiger partial charge in [-0.05, 0) is 101 Å². The number of rotatable bonds is 7. The third kappa shape index (κ3) is 7.00. The number of piperazine rings is 1. The molecule has 0 spiro atoms. The van der Waals surface area contributed by atoms with Crippen LogP contribution in [0.2, 0.25) is 0 Å². The Morgan fingerprint density at radius 2 is 1.69 bits per heavy atom. The highest BCUT2D eigenvalue weighted by molar-refractivity contribution is 14.1. The molecule has 1 atom stereocenters. The monoisotopic (exact) mass is 616 g/mol. The molecule has 0 aromatic heterocycles. The van der Waals surface area contributed by atoms with E-state index < -0.39 is 0 Å². The number of aryl methyl sites for hydroxylation is 1. The molecule has 3 nitrogen and oxygen atoms in total. The van der Waals surface area contributed by atoms with Gasteiger partial charge >= 0.3 is 0 Å². The van der Waals surface area contributed by atoms with Crippen LogP contribution in [0.25, 0.3) is 0 Å². The van der Waals surface area contributed by atoms with Crippen molar-refractivity contribution in [2.75, 3.05) is 37.7 Å². The van der Waals surface area contributed by atoms with Crippen LogP contribution in [-0.2, 0) is 11.3 Å². The molecule has 0 bridgehead atoms. The van der Waals surface area contributed by atoms with Crippen LogP contribution >= 0.6 is 46.6 Å². The molecule has 1 heterocycles. The van der Waals surface area contributed by atoms with Gasteiger partial charge in [0.05, 0.1) is 12.3 Å². The molecular weight excluding hydrogens is 583 g/mol. The first-order chi connectivity index (χ1) is 16.9. The van der Waals surface area contributed by atoms with Crippen molar-refractivity contribution >= 4 is 56.6 Å². The van der Waals surface area contributed by atoms with E-state index in [1.54, 1.807) is 11.8 Å². The molecule has 3 aromatic carbocycles. The lowest BCUT2D eigenvalue weighted by Gasteiger charge is -2.37. The second-order valence-corrected chi connectivity index (χ2v) is 11.8. The van der Waals surface area contributed by atoms with E-state index >= 15 is 0 Å². The van der Waals surface area contributed by atoms with Gasteiger partial charge < -0.3 is 9.64 Å². The standard InChI is InChI=1S/C29H33IN2OS2/c1-4-33-29(34)35-28-8-6-5-7-27(28)32-17-15-31(16-18-32)20-23-9-11-24(12-10-23)22(3)25-13-14-26(30)21(2)19-25/h5-14,19,22H,4,15-18,20H2,1-3H3. The summed E-state index contributed by atoms with van der Waals surface area (Å²) in [5, 5.41) is 0. The summed E-state index contributed by atoms with van der Waals surface area (Å²) in [5.74, 6) is 0.400. The lowest BCUT2D eigenvalue weighted by atomic mass is 9.91. The van der Waals surface area contributed by atoms with Gasteiger partial charge in [-0.25, -0.2) is 0 Å². The summed E-state index contributed by atoms with van der Waals surface area (Å²) in [6, 6.07) is 24.5. The molecule has 35 heavy (non-hydrogen) atoms. The van der Waals surface area contributed by atoms with E-state index in [9.17, 15) is 0 Å². The van der Waals surface area contributed by atoms with Gasteiger partial charge in [0.25, 0.3) is 0 Å². The lowest BCUT2D eigenvalue weighted by molar-refractivity contribution is 0.249. The molecule has 0 amide bonds. The normalized spacial score (nSPS) is 15.1. The number of ether oxygens (including phenoxy) is 1. The molecule has 4 rings (SSSR count). The van der Waals surface area contributed by atoms with Crippen LogP contribution in [0, 0.1) is 10.5 Å². The fourth-order valence-electron chi connectivity index (χ4n) is 4.49. The Morgan fingerprint density at radius 3 is 2.37 bits per heavy atom. The van der Waals surface area contributed by atoms with Gasteiger partial charge in [0.15, 0.2) is 0 Å². The van der Waals surface area contributed by atoms with Crippen LogP contribution in [0.1, 0.15) is 42.0 Å². The van der Waals surface area contributed by atoms with E-state index in [2.05, 4.69) is 113 Å². The Kier molecular flexibility index (Phi) is 9.50. The maximum Gasteiger partial charge on any atom is 0.224 e. The number of anilines is 1. The number of thioether (sulfide) groups is 1. The van der Waals surface area contributed by atoms with Crippen molar-refractivity contribution in [2.45, 2.75) is 38.1 Å². The molecule has 1 aliphatic rings. The van der Waals surface area contributed by atoms with Gasteiger partial charge in [0, 0.05) is 47.1 Å². The van der Waals surface area contributed by atoms with Crippen molar-refractivity contribution in [3.05, 3.63) is 92.6 Å². The number of thiocarbonyl (C=S) groups is 1. The summed E-state index contributed by atoms with van der Waals surface area (Å²) in [6.07, 6.45) is 0. The first-order valence-corrected chi connectivity index (χ1v) is 14.5. The molecule has 1 aliphatic heterocycles. The highest BCUT2D eigenvalue weighted by Crippen LogP contribution is 2.32. The van der Waals surface area contributed by atoms with E-state index in [4.69, 9.17) is 17.0 Å². The molecule has 3 aromatic rings. The predicted octanol–water partition coefficient (Wildman–Crippen LogP) is 7.49. The van der Waals surface area contributed by atoms with Crippen molar-refractivity contribution in [2.24, 2.45) is 0 Å². The van der Waals surface area contributed by atoms with Crippen LogP contribution in [0.4, 0.5) is 5.69 Å². The highest BCUT2D eigenvalue weighted by atomic mass is 127. The first kappa shape index (κ1) is 26.5. The van der Waals surface area contributed by atoms with Gasteiger partial charge in [-0.1, -0.05) is 55.5 Å². The van der Waals surface area contributed by atoms with Gasteiger partial charge in [0.2, 0.25) is 4.38 Å². The minimum Gasteiger partial charge on any atom is -0.479 e. The van der Waals surface area contributed by atoms with E-state index in [1.165, 1.54) is 36.4 Å². The van der Waals surface area contributed by atoms with E-state index in [-0.39, 0.29) is 0 Å². The third-order valence-corrected chi connectivity index (χ3v) is 9.03. The topological polar surface area (TPSA) is 15.7 Å². The molecule has 0 saturated carbocycles. The zero-order valence-corrected chi connectivity index (χ0v) is 24.5. The molecular formula is C29H33IN2OS2. The van der Waals surface area contributed by atoms with Crippen LogP contribution in [0.3, 0.4) is 0 Å². The van der Waals surface area contributed by atoms with Gasteiger partial charge in [0.1, 0.15) is 0 Å². The van der Waals surface area contributed by atoms with E-state index in [1.807, 2.05) is 6.92 Å². The van der Waals surface area contributed by atoms with Gasteiger partial charge in [-0.3, -0.25) is 4.90 Å². The quantitative estimate of drug-likeness (QED) is 0.155. The molecule has 0 N–H and O–H groups in total. The van der Waals surface area contributed by atoms with Crippen molar-refractivity contribution in [1.82, 2.24) is 4.90 Å². The maximum absolute atomic E-state index is 5.50. The highest BCUT2D eigenvalue weighted by Gasteiger charge is 2.20. The molecule has 1 unspecified atom stereocenters. The third-order valence-electron chi connectivity index (χ3n) is 6.60. The average Bonchev–Trinajstić information content (AvgIpc) is 2.87. The summed E-state index contributed by atoms with van der Waals surface area (Å²) >= 11 is 9.32. The summed E-state index contributed by atoms with van der Waals surface area (Å²) in [7, 11) is 0. The molecule has 1 saturated heterocycles. The Labute approximate surface area is 233 Å². The molecule has 184 valence electrons. The first-order valence-electron chi connectivity index (χ1n) is 12.2. The number of para-hydroxylation sites is 1. The number of halogens is 1. The minimum atomic E-state index is 0.400. The number of hydrogen-bond donors (Lipinski definition) is 0. The van der Waals surface area contributed by atoms with E-state index in [0.717, 1.165) is 32.7 Å². The lowest BCUT2D eigenvalue weighted by Crippen LogP contribution is -2.46. The Hall–Kier alpha value is -1.61. The second kappa shape index (κ2) is 12.6. The zero-order chi connectivity index (χ0) is 24.8. The molecule has 0 aliphatic carbocycles. The van der Waals surface area contributed by atoms with Crippen molar-refractivity contribution < 1.29 is 4.74 Å². The summed E-state index contributed by atoms with van der Waals surface area (Å²) < 4.78 is 7.41.